The molecule has 1 atom stereocenters. The number of aryl methyl sites for hydroxylation is 2. The standard InChI is InChI=1S/C23H27N3OS2/c1-13-6-7-15(10-14(13)2)20(27)25-22(28)26-21-18(12-24)17-9-8-16(23(3,4)5)11-19(17)29-21/h6-7,10,16H,8-9,11H2,1-5H3,(H2,25,26,27,28)/t16-/m0/s1. The fourth-order valence-corrected chi connectivity index (χ4v) is 5.27. The van der Waals surface area contributed by atoms with Crippen LogP contribution >= 0.6 is 23.6 Å². The van der Waals surface area contributed by atoms with Crippen LogP contribution in [0.2, 0.25) is 0 Å². The lowest BCUT2D eigenvalue weighted by Gasteiger charge is -2.33. The first-order chi connectivity index (χ1) is 13.6. The van der Waals surface area contributed by atoms with Crippen molar-refractivity contribution in [2.75, 3.05) is 5.32 Å². The van der Waals surface area contributed by atoms with Gasteiger partial charge in [0, 0.05) is 10.4 Å². The lowest BCUT2D eigenvalue weighted by Crippen LogP contribution is -2.34. The van der Waals surface area contributed by atoms with Gasteiger partial charge in [-0.1, -0.05) is 26.8 Å². The molecule has 1 heterocycles. The molecule has 1 aromatic heterocycles. The molecule has 1 aliphatic carbocycles. The van der Waals surface area contributed by atoms with Crippen LogP contribution in [0.25, 0.3) is 0 Å². The molecule has 152 valence electrons. The van der Waals surface area contributed by atoms with E-state index in [0.29, 0.717) is 17.0 Å². The number of thiocarbonyl (C=S) groups is 1. The second-order valence-electron chi connectivity index (χ2n) is 8.83. The smallest absolute Gasteiger partial charge is 0.257 e. The van der Waals surface area contributed by atoms with Gasteiger partial charge in [-0.15, -0.1) is 11.3 Å². The van der Waals surface area contributed by atoms with Crippen LogP contribution in [-0.2, 0) is 12.8 Å². The highest BCUT2D eigenvalue weighted by Gasteiger charge is 2.32. The van der Waals surface area contributed by atoms with Gasteiger partial charge in [-0.05, 0) is 85.5 Å². The maximum absolute atomic E-state index is 12.5. The summed E-state index contributed by atoms with van der Waals surface area (Å²) in [5, 5.41) is 16.5. The Balaban J connectivity index is 1.74. The van der Waals surface area contributed by atoms with Crippen molar-refractivity contribution in [1.29, 1.82) is 5.26 Å². The van der Waals surface area contributed by atoms with Crippen molar-refractivity contribution in [1.82, 2.24) is 5.32 Å². The number of thiophene rings is 1. The van der Waals surface area contributed by atoms with Crippen molar-refractivity contribution in [3.8, 4) is 6.07 Å². The number of nitrogens with one attached hydrogen (secondary N) is 2. The van der Waals surface area contributed by atoms with Gasteiger partial charge in [0.05, 0.1) is 5.56 Å². The quantitative estimate of drug-likeness (QED) is 0.622. The van der Waals surface area contributed by atoms with E-state index in [1.165, 1.54) is 4.88 Å². The number of hydrogen-bond acceptors (Lipinski definition) is 4. The van der Waals surface area contributed by atoms with Crippen molar-refractivity contribution in [3.05, 3.63) is 50.9 Å². The normalized spacial score (nSPS) is 15.9. The van der Waals surface area contributed by atoms with Gasteiger partial charge in [0.15, 0.2) is 5.11 Å². The topological polar surface area (TPSA) is 64.9 Å². The van der Waals surface area contributed by atoms with Crippen molar-refractivity contribution in [2.24, 2.45) is 11.3 Å². The molecule has 1 aromatic carbocycles. The molecule has 0 aliphatic heterocycles. The predicted octanol–water partition coefficient (Wildman–Crippen LogP) is 5.51. The Kier molecular flexibility index (Phi) is 6.11. The molecule has 1 aliphatic rings. The Morgan fingerprint density at radius 2 is 2.00 bits per heavy atom. The van der Waals surface area contributed by atoms with E-state index in [9.17, 15) is 10.1 Å². The van der Waals surface area contributed by atoms with Gasteiger partial charge in [0.1, 0.15) is 11.1 Å². The summed E-state index contributed by atoms with van der Waals surface area (Å²) in [6.07, 6.45) is 3.00. The molecule has 29 heavy (non-hydrogen) atoms. The molecule has 3 rings (SSSR count). The Bertz CT molecular complexity index is 1010. The number of carbonyl (C=O) groups excluding carboxylic acids is 1. The van der Waals surface area contributed by atoms with Crippen LogP contribution in [0.1, 0.15) is 64.7 Å². The van der Waals surface area contributed by atoms with Crippen molar-refractivity contribution in [2.45, 2.75) is 53.9 Å². The van der Waals surface area contributed by atoms with Crippen LogP contribution in [0.15, 0.2) is 18.2 Å². The molecule has 0 fully saturated rings. The number of fused-ring (bicyclic) bond motifs is 1. The first-order valence-electron chi connectivity index (χ1n) is 9.84. The summed E-state index contributed by atoms with van der Waals surface area (Å²) >= 11 is 6.95. The third-order valence-electron chi connectivity index (χ3n) is 5.83. The molecule has 0 spiro atoms. The molecule has 0 bridgehead atoms. The highest BCUT2D eigenvalue weighted by Crippen LogP contribution is 2.43. The fraction of sp³-hybridized carbons (Fsp3) is 0.435. The summed E-state index contributed by atoms with van der Waals surface area (Å²) in [5.41, 5.74) is 4.82. The Hall–Kier alpha value is -2.23. The van der Waals surface area contributed by atoms with Gasteiger partial charge in [-0.2, -0.15) is 5.26 Å². The minimum Gasteiger partial charge on any atom is -0.323 e. The van der Waals surface area contributed by atoms with Gasteiger partial charge in [0.25, 0.3) is 5.91 Å². The zero-order valence-electron chi connectivity index (χ0n) is 17.6. The summed E-state index contributed by atoms with van der Waals surface area (Å²) in [4.78, 5) is 13.8. The average Bonchev–Trinajstić information content (AvgIpc) is 2.98. The molecule has 0 radical (unpaired) electrons. The number of nitrogens with zero attached hydrogens (tertiary/aromatic N) is 1. The Morgan fingerprint density at radius 1 is 1.28 bits per heavy atom. The summed E-state index contributed by atoms with van der Waals surface area (Å²) in [6.45, 7) is 10.8. The molecule has 6 heteroatoms. The van der Waals surface area contributed by atoms with E-state index in [2.05, 4.69) is 37.5 Å². The summed E-state index contributed by atoms with van der Waals surface area (Å²) in [5.74, 6) is 0.350. The number of hydrogen-bond donors (Lipinski definition) is 2. The summed E-state index contributed by atoms with van der Waals surface area (Å²) < 4.78 is 0. The Labute approximate surface area is 182 Å². The van der Waals surface area contributed by atoms with E-state index in [-0.39, 0.29) is 16.4 Å². The lowest BCUT2D eigenvalue weighted by atomic mass is 9.72. The number of rotatable bonds is 2. The van der Waals surface area contributed by atoms with Gasteiger partial charge in [-0.3, -0.25) is 10.1 Å². The van der Waals surface area contributed by atoms with E-state index in [1.54, 1.807) is 17.4 Å². The fourth-order valence-electron chi connectivity index (χ4n) is 3.72. The predicted molar refractivity (Wildman–Crippen MR) is 124 cm³/mol. The van der Waals surface area contributed by atoms with Crippen LogP contribution in [-0.4, -0.2) is 11.0 Å². The number of amides is 1. The van der Waals surface area contributed by atoms with E-state index in [4.69, 9.17) is 12.2 Å². The van der Waals surface area contributed by atoms with E-state index < -0.39 is 0 Å². The van der Waals surface area contributed by atoms with Crippen molar-refractivity contribution >= 4 is 39.6 Å². The number of benzene rings is 1. The first-order valence-corrected chi connectivity index (χ1v) is 11.1. The molecule has 2 N–H and O–H groups in total. The molecule has 2 aromatic rings. The molecule has 0 saturated carbocycles. The number of anilines is 1. The maximum Gasteiger partial charge on any atom is 0.257 e. The minimum atomic E-state index is -0.252. The summed E-state index contributed by atoms with van der Waals surface area (Å²) in [6, 6.07) is 7.90. The maximum atomic E-state index is 12.5. The lowest BCUT2D eigenvalue weighted by molar-refractivity contribution is 0.0977. The Morgan fingerprint density at radius 3 is 2.62 bits per heavy atom. The zero-order chi connectivity index (χ0) is 21.3. The van der Waals surface area contributed by atoms with Crippen LogP contribution in [0, 0.1) is 36.5 Å². The van der Waals surface area contributed by atoms with Crippen LogP contribution in [0.5, 0.6) is 0 Å². The van der Waals surface area contributed by atoms with Gasteiger partial charge in [-0.25, -0.2) is 0 Å². The summed E-state index contributed by atoms with van der Waals surface area (Å²) in [7, 11) is 0. The first kappa shape index (κ1) is 21.5. The van der Waals surface area contributed by atoms with Crippen molar-refractivity contribution < 1.29 is 4.79 Å². The van der Waals surface area contributed by atoms with Crippen LogP contribution in [0.4, 0.5) is 5.00 Å². The van der Waals surface area contributed by atoms with Crippen LogP contribution < -0.4 is 10.6 Å². The van der Waals surface area contributed by atoms with Crippen molar-refractivity contribution in [3.63, 3.8) is 0 Å². The number of nitriles is 1. The molecular weight excluding hydrogens is 398 g/mol. The number of carbonyl (C=O) groups is 1. The third-order valence-corrected chi connectivity index (χ3v) is 7.20. The second-order valence-corrected chi connectivity index (χ2v) is 10.3. The van der Waals surface area contributed by atoms with E-state index in [1.807, 2.05) is 26.0 Å². The van der Waals surface area contributed by atoms with Gasteiger partial charge >= 0.3 is 0 Å². The third kappa shape index (κ3) is 4.68. The van der Waals surface area contributed by atoms with Gasteiger partial charge < -0.3 is 5.32 Å². The highest BCUT2D eigenvalue weighted by atomic mass is 32.1. The average molecular weight is 426 g/mol. The van der Waals surface area contributed by atoms with E-state index >= 15 is 0 Å². The molecular formula is C23H27N3OS2. The monoisotopic (exact) mass is 425 g/mol. The zero-order valence-corrected chi connectivity index (χ0v) is 19.2. The van der Waals surface area contributed by atoms with E-state index in [0.717, 1.165) is 41.0 Å². The molecule has 0 unspecified atom stereocenters. The molecule has 4 nitrogen and oxygen atoms in total. The SMILES string of the molecule is Cc1ccc(C(=O)NC(=S)Nc2sc3c(c2C#N)CC[C@H](C(C)(C)C)C3)cc1C. The van der Waals surface area contributed by atoms with Crippen LogP contribution in [0.3, 0.4) is 0 Å². The highest BCUT2D eigenvalue weighted by molar-refractivity contribution is 7.80. The van der Waals surface area contributed by atoms with Gasteiger partial charge in [0.2, 0.25) is 0 Å². The largest absolute Gasteiger partial charge is 0.323 e. The molecule has 0 saturated heterocycles. The molecule has 1 amide bonds. The second kappa shape index (κ2) is 8.25. The minimum absolute atomic E-state index is 0.218.